The van der Waals surface area contributed by atoms with E-state index in [0.29, 0.717) is 18.3 Å². The van der Waals surface area contributed by atoms with Crippen molar-refractivity contribution < 1.29 is 9.53 Å². The number of carbonyl (C=O) groups excluding carboxylic acids is 1. The minimum absolute atomic E-state index is 0.0160. The van der Waals surface area contributed by atoms with Gasteiger partial charge in [-0.2, -0.15) is 0 Å². The van der Waals surface area contributed by atoms with Crippen LogP contribution in [0.3, 0.4) is 0 Å². The lowest BCUT2D eigenvalue weighted by Gasteiger charge is -2.24. The van der Waals surface area contributed by atoms with Crippen molar-refractivity contribution in [3.63, 3.8) is 0 Å². The van der Waals surface area contributed by atoms with Gasteiger partial charge in [-0.05, 0) is 33.0 Å². The van der Waals surface area contributed by atoms with E-state index in [1.54, 1.807) is 14.2 Å². The molecule has 3 N–H and O–H groups in total. The normalized spacial score (nSPS) is 12.8. The predicted molar refractivity (Wildman–Crippen MR) is 72.9 cm³/mol. The third-order valence-electron chi connectivity index (χ3n) is 2.33. The molecule has 17 heavy (non-hydrogen) atoms. The molecule has 0 heterocycles. The first-order valence-electron chi connectivity index (χ1n) is 5.59. The van der Waals surface area contributed by atoms with Crippen LogP contribution in [0.2, 0.25) is 0 Å². The Balaban J connectivity index is 4.03. The number of hydrogen-bond donors (Lipinski definition) is 3. The highest BCUT2D eigenvalue weighted by Gasteiger charge is 2.26. The Bertz CT molecular complexity index is 269. The Kier molecular flexibility index (Phi) is 7.06. The summed E-state index contributed by atoms with van der Waals surface area (Å²) < 4.78 is 4.99. The minimum Gasteiger partial charge on any atom is -0.383 e. The summed E-state index contributed by atoms with van der Waals surface area (Å²) in [5.74, 6) is -0.0160. The quantitative estimate of drug-likeness (QED) is 0.599. The maximum absolute atomic E-state index is 11.5. The third kappa shape index (κ3) is 6.43. The molecule has 0 fully saturated rings. The monoisotopic (exact) mass is 261 g/mol. The van der Waals surface area contributed by atoms with Gasteiger partial charge in [0.25, 0.3) is 0 Å². The summed E-state index contributed by atoms with van der Waals surface area (Å²) >= 11 is 5.13. The summed E-state index contributed by atoms with van der Waals surface area (Å²) in [7, 11) is 3.27. The van der Waals surface area contributed by atoms with Crippen molar-refractivity contribution in [1.29, 1.82) is 0 Å². The molecule has 1 unspecified atom stereocenters. The Morgan fingerprint density at radius 3 is 2.53 bits per heavy atom. The van der Waals surface area contributed by atoms with Crippen LogP contribution in [0.1, 0.15) is 20.8 Å². The zero-order chi connectivity index (χ0) is 13.5. The maximum Gasteiger partial charge on any atom is 0.227 e. The summed E-state index contributed by atoms with van der Waals surface area (Å²) in [6.07, 6.45) is 0. The summed E-state index contributed by atoms with van der Waals surface area (Å²) in [5, 5.41) is 9.27. The van der Waals surface area contributed by atoms with Gasteiger partial charge in [0.2, 0.25) is 5.91 Å². The first-order valence-corrected chi connectivity index (χ1v) is 5.99. The molecule has 5 nitrogen and oxygen atoms in total. The molecule has 0 aromatic rings. The average Bonchev–Trinajstić information content (AvgIpc) is 2.25. The lowest BCUT2D eigenvalue weighted by molar-refractivity contribution is -0.128. The molecule has 0 aliphatic carbocycles. The van der Waals surface area contributed by atoms with Crippen LogP contribution >= 0.6 is 12.2 Å². The van der Waals surface area contributed by atoms with E-state index in [2.05, 4.69) is 16.0 Å². The zero-order valence-corrected chi connectivity index (χ0v) is 12.0. The number of thiocarbonyl (C=S) groups is 1. The molecule has 0 radical (unpaired) electrons. The van der Waals surface area contributed by atoms with Crippen LogP contribution < -0.4 is 16.0 Å². The van der Waals surface area contributed by atoms with Crippen LogP contribution in [0, 0.1) is 5.41 Å². The molecular weight excluding hydrogens is 238 g/mol. The van der Waals surface area contributed by atoms with Gasteiger partial charge in [-0.25, -0.2) is 0 Å². The highest BCUT2D eigenvalue weighted by molar-refractivity contribution is 7.80. The Labute approximate surface area is 109 Å². The van der Waals surface area contributed by atoms with E-state index >= 15 is 0 Å². The van der Waals surface area contributed by atoms with Crippen molar-refractivity contribution in [2.45, 2.75) is 26.8 Å². The zero-order valence-electron chi connectivity index (χ0n) is 11.2. The number of ether oxygens (including phenoxy) is 1. The van der Waals surface area contributed by atoms with Gasteiger partial charge in [0.1, 0.15) is 0 Å². The largest absolute Gasteiger partial charge is 0.383 e. The van der Waals surface area contributed by atoms with E-state index in [1.165, 1.54) is 0 Å². The number of carbonyl (C=O) groups is 1. The number of amides is 1. The SMILES string of the molecule is CNC(=O)C(C)(C)CNC(=S)NC(C)COC. The van der Waals surface area contributed by atoms with E-state index in [-0.39, 0.29) is 11.9 Å². The Hall–Kier alpha value is -0.880. The van der Waals surface area contributed by atoms with E-state index in [4.69, 9.17) is 17.0 Å². The fourth-order valence-corrected chi connectivity index (χ4v) is 1.56. The molecule has 0 aromatic carbocycles. The number of methoxy groups -OCH3 is 1. The smallest absolute Gasteiger partial charge is 0.227 e. The highest BCUT2D eigenvalue weighted by Crippen LogP contribution is 2.12. The van der Waals surface area contributed by atoms with Crippen LogP contribution in [0.25, 0.3) is 0 Å². The molecule has 0 bridgehead atoms. The van der Waals surface area contributed by atoms with E-state index in [1.807, 2.05) is 20.8 Å². The van der Waals surface area contributed by atoms with Gasteiger partial charge in [0.05, 0.1) is 12.0 Å². The highest BCUT2D eigenvalue weighted by atomic mass is 32.1. The van der Waals surface area contributed by atoms with Gasteiger partial charge in [-0.3, -0.25) is 4.79 Å². The summed E-state index contributed by atoms with van der Waals surface area (Å²) in [5.41, 5.74) is -0.495. The van der Waals surface area contributed by atoms with E-state index < -0.39 is 5.41 Å². The number of hydrogen-bond acceptors (Lipinski definition) is 3. The van der Waals surface area contributed by atoms with Crippen molar-refractivity contribution >= 4 is 23.2 Å². The fraction of sp³-hybridized carbons (Fsp3) is 0.818. The molecule has 0 aliphatic heterocycles. The lowest BCUT2D eigenvalue weighted by atomic mass is 9.92. The van der Waals surface area contributed by atoms with Crippen molar-refractivity contribution in [3.05, 3.63) is 0 Å². The molecule has 0 spiro atoms. The number of rotatable bonds is 6. The van der Waals surface area contributed by atoms with Gasteiger partial charge in [0.15, 0.2) is 5.11 Å². The molecule has 1 amide bonds. The molecule has 0 rings (SSSR count). The second kappa shape index (κ2) is 7.45. The minimum atomic E-state index is -0.495. The average molecular weight is 261 g/mol. The lowest BCUT2D eigenvalue weighted by Crippen LogP contribution is -2.48. The van der Waals surface area contributed by atoms with Gasteiger partial charge in [0, 0.05) is 26.7 Å². The van der Waals surface area contributed by atoms with Crippen LogP contribution in [0.4, 0.5) is 0 Å². The molecule has 6 heteroatoms. The molecule has 0 saturated heterocycles. The first-order chi connectivity index (χ1) is 7.83. The van der Waals surface area contributed by atoms with Crippen LogP contribution in [-0.4, -0.2) is 44.4 Å². The molecule has 0 aromatic heterocycles. The van der Waals surface area contributed by atoms with Gasteiger partial charge in [-0.1, -0.05) is 0 Å². The molecule has 100 valence electrons. The van der Waals surface area contributed by atoms with Crippen molar-refractivity contribution in [2.24, 2.45) is 5.41 Å². The maximum atomic E-state index is 11.5. The first kappa shape index (κ1) is 16.1. The fourth-order valence-electron chi connectivity index (χ4n) is 1.29. The second-order valence-corrected chi connectivity index (χ2v) is 5.05. The number of nitrogens with one attached hydrogen (secondary N) is 3. The van der Waals surface area contributed by atoms with Crippen LogP contribution in [0.15, 0.2) is 0 Å². The van der Waals surface area contributed by atoms with Crippen LogP contribution in [-0.2, 0) is 9.53 Å². The van der Waals surface area contributed by atoms with Gasteiger partial charge in [-0.15, -0.1) is 0 Å². The predicted octanol–water partition coefficient (Wildman–Crippen LogP) is 0.258. The van der Waals surface area contributed by atoms with Crippen molar-refractivity contribution in [1.82, 2.24) is 16.0 Å². The summed E-state index contributed by atoms with van der Waals surface area (Å²) in [6, 6.07) is 0.142. The van der Waals surface area contributed by atoms with Crippen molar-refractivity contribution in [3.8, 4) is 0 Å². The second-order valence-electron chi connectivity index (χ2n) is 4.65. The Morgan fingerprint density at radius 2 is 2.06 bits per heavy atom. The molecule has 0 aliphatic rings. The molecule has 1 atom stereocenters. The summed E-state index contributed by atoms with van der Waals surface area (Å²) in [6.45, 7) is 6.76. The van der Waals surface area contributed by atoms with Crippen LogP contribution in [0.5, 0.6) is 0 Å². The molecular formula is C11H23N3O2S. The molecule has 0 saturated carbocycles. The standard InChI is InChI=1S/C11H23N3O2S/c1-8(6-16-5)14-10(17)13-7-11(2,3)9(15)12-4/h8H,6-7H2,1-5H3,(H,12,15)(H2,13,14,17). The van der Waals surface area contributed by atoms with Gasteiger partial charge >= 0.3 is 0 Å². The van der Waals surface area contributed by atoms with Crippen molar-refractivity contribution in [2.75, 3.05) is 27.3 Å². The van der Waals surface area contributed by atoms with Gasteiger partial charge < -0.3 is 20.7 Å². The van der Waals surface area contributed by atoms with E-state index in [0.717, 1.165) is 0 Å². The summed E-state index contributed by atoms with van der Waals surface area (Å²) in [4.78, 5) is 11.5. The topological polar surface area (TPSA) is 62.4 Å². The van der Waals surface area contributed by atoms with E-state index in [9.17, 15) is 4.79 Å². The third-order valence-corrected chi connectivity index (χ3v) is 2.59. The Morgan fingerprint density at radius 1 is 1.47 bits per heavy atom.